The first-order valence-corrected chi connectivity index (χ1v) is 12.3. The molecule has 2 heterocycles. The molecule has 0 saturated carbocycles. The second kappa shape index (κ2) is 10.7. The van der Waals surface area contributed by atoms with E-state index in [1.54, 1.807) is 29.5 Å². The summed E-state index contributed by atoms with van der Waals surface area (Å²) in [6.07, 6.45) is 0.998. The molecule has 1 aromatic heterocycles. The van der Waals surface area contributed by atoms with Crippen molar-refractivity contribution in [1.82, 2.24) is 15.2 Å². The molecule has 0 radical (unpaired) electrons. The third-order valence-electron chi connectivity index (χ3n) is 5.52. The lowest BCUT2D eigenvalue weighted by molar-refractivity contribution is -0.123. The number of thiazole rings is 1. The third-order valence-corrected chi connectivity index (χ3v) is 7.13. The number of nitrogens with zero attached hydrogens (tertiary/aromatic N) is 3. The first-order chi connectivity index (χ1) is 15.5. The molecule has 32 heavy (non-hydrogen) atoms. The fourth-order valence-electron chi connectivity index (χ4n) is 3.72. The minimum atomic E-state index is -0.171. The molecule has 0 unspecified atom stereocenters. The van der Waals surface area contributed by atoms with Crippen LogP contribution in [0.3, 0.4) is 0 Å². The van der Waals surface area contributed by atoms with Crippen molar-refractivity contribution in [3.63, 3.8) is 0 Å². The van der Waals surface area contributed by atoms with Crippen LogP contribution in [-0.4, -0.2) is 61.7 Å². The Balaban J connectivity index is 1.19. The van der Waals surface area contributed by atoms with Gasteiger partial charge in [-0.15, -0.1) is 0 Å². The number of ether oxygens (including phenoxy) is 1. The predicted molar refractivity (Wildman–Crippen MR) is 133 cm³/mol. The third kappa shape index (κ3) is 5.64. The standard InChI is InChI=1S/C23H26Cl2N4O2S/c1-2-16-4-3-5-20-22(16)27-23(32-20)29-12-10-28(11-13-29)9-8-26-21(30)15-31-19-7-6-17(24)14-18(19)25/h3-7,14H,2,8-13,15H2,1H3,(H,26,30). The van der Waals surface area contributed by atoms with Crippen LogP contribution in [0.25, 0.3) is 10.2 Å². The van der Waals surface area contributed by atoms with Crippen LogP contribution < -0.4 is 15.0 Å². The van der Waals surface area contributed by atoms with Gasteiger partial charge in [-0.1, -0.05) is 53.6 Å². The number of piperazine rings is 1. The number of hydrogen-bond donors (Lipinski definition) is 1. The maximum atomic E-state index is 12.1. The number of carbonyl (C=O) groups excluding carboxylic acids is 1. The first-order valence-electron chi connectivity index (χ1n) is 10.7. The zero-order chi connectivity index (χ0) is 22.5. The number of para-hydroxylation sites is 1. The van der Waals surface area contributed by atoms with E-state index in [2.05, 4.69) is 40.2 Å². The predicted octanol–water partition coefficient (Wildman–Crippen LogP) is 4.48. The van der Waals surface area contributed by atoms with Crippen LogP contribution in [-0.2, 0) is 11.2 Å². The fourth-order valence-corrected chi connectivity index (χ4v) is 5.25. The van der Waals surface area contributed by atoms with Gasteiger partial charge in [-0.25, -0.2) is 4.98 Å². The van der Waals surface area contributed by atoms with Gasteiger partial charge in [0.2, 0.25) is 0 Å². The van der Waals surface area contributed by atoms with Crippen molar-refractivity contribution in [2.24, 2.45) is 0 Å². The molecule has 1 fully saturated rings. The van der Waals surface area contributed by atoms with Crippen molar-refractivity contribution in [2.45, 2.75) is 13.3 Å². The number of halogens is 2. The molecule has 4 rings (SSSR count). The van der Waals surface area contributed by atoms with Crippen LogP contribution in [0.2, 0.25) is 10.0 Å². The van der Waals surface area contributed by atoms with Crippen LogP contribution in [0.5, 0.6) is 5.75 Å². The average Bonchev–Trinajstić information content (AvgIpc) is 3.23. The average molecular weight is 493 g/mol. The van der Waals surface area contributed by atoms with Crippen molar-refractivity contribution < 1.29 is 9.53 Å². The van der Waals surface area contributed by atoms with E-state index >= 15 is 0 Å². The molecule has 0 atom stereocenters. The molecule has 1 N–H and O–H groups in total. The van der Waals surface area contributed by atoms with Gasteiger partial charge in [0.05, 0.1) is 15.2 Å². The molecule has 1 aliphatic heterocycles. The summed E-state index contributed by atoms with van der Waals surface area (Å²) in [6, 6.07) is 11.4. The largest absolute Gasteiger partial charge is 0.482 e. The minimum absolute atomic E-state index is 0.0769. The number of aryl methyl sites for hydroxylation is 1. The molecule has 9 heteroatoms. The first kappa shape index (κ1) is 23.1. The van der Waals surface area contributed by atoms with Gasteiger partial charge in [0.15, 0.2) is 11.7 Å². The van der Waals surface area contributed by atoms with Gasteiger partial charge in [0.1, 0.15) is 5.75 Å². The minimum Gasteiger partial charge on any atom is -0.482 e. The van der Waals surface area contributed by atoms with E-state index in [4.69, 9.17) is 32.9 Å². The topological polar surface area (TPSA) is 57.7 Å². The van der Waals surface area contributed by atoms with Gasteiger partial charge in [-0.2, -0.15) is 0 Å². The smallest absolute Gasteiger partial charge is 0.257 e. The van der Waals surface area contributed by atoms with Gasteiger partial charge in [0, 0.05) is 44.3 Å². The number of anilines is 1. The number of carbonyl (C=O) groups is 1. The molecular formula is C23H26Cl2N4O2S. The highest BCUT2D eigenvalue weighted by atomic mass is 35.5. The van der Waals surface area contributed by atoms with Gasteiger partial charge in [-0.3, -0.25) is 9.69 Å². The zero-order valence-electron chi connectivity index (χ0n) is 17.9. The summed E-state index contributed by atoms with van der Waals surface area (Å²) in [5.74, 6) is 0.277. The van der Waals surface area contributed by atoms with E-state index in [0.717, 1.165) is 49.8 Å². The Hall–Kier alpha value is -2.06. The maximum Gasteiger partial charge on any atom is 0.257 e. The Morgan fingerprint density at radius 3 is 2.75 bits per heavy atom. The quantitative estimate of drug-likeness (QED) is 0.502. The van der Waals surface area contributed by atoms with Gasteiger partial charge in [0.25, 0.3) is 5.91 Å². The van der Waals surface area contributed by atoms with E-state index in [0.29, 0.717) is 22.3 Å². The van der Waals surface area contributed by atoms with Crippen LogP contribution in [0.4, 0.5) is 5.13 Å². The normalized spacial score (nSPS) is 14.7. The summed E-state index contributed by atoms with van der Waals surface area (Å²) in [6.45, 7) is 7.25. The van der Waals surface area contributed by atoms with E-state index < -0.39 is 0 Å². The molecular weight excluding hydrogens is 467 g/mol. The summed E-state index contributed by atoms with van der Waals surface area (Å²) in [7, 11) is 0. The van der Waals surface area contributed by atoms with Crippen LogP contribution in [0, 0.1) is 0 Å². The molecule has 1 amide bonds. The number of amides is 1. The number of rotatable bonds is 8. The van der Waals surface area contributed by atoms with Crippen LogP contribution >= 0.6 is 34.5 Å². The lowest BCUT2D eigenvalue weighted by atomic mass is 10.1. The summed E-state index contributed by atoms with van der Waals surface area (Å²) in [5, 5.41) is 4.93. The Kier molecular flexibility index (Phi) is 7.73. The Morgan fingerprint density at radius 1 is 1.19 bits per heavy atom. The van der Waals surface area contributed by atoms with Crippen molar-refractivity contribution in [3.8, 4) is 5.75 Å². The van der Waals surface area contributed by atoms with E-state index in [9.17, 15) is 4.79 Å². The fraction of sp³-hybridized carbons (Fsp3) is 0.391. The second-order valence-electron chi connectivity index (χ2n) is 7.66. The van der Waals surface area contributed by atoms with Gasteiger partial charge in [-0.05, 0) is 36.2 Å². The summed E-state index contributed by atoms with van der Waals surface area (Å²) in [5.41, 5.74) is 2.45. The van der Waals surface area contributed by atoms with E-state index in [-0.39, 0.29) is 12.5 Å². The molecule has 6 nitrogen and oxygen atoms in total. The lowest BCUT2D eigenvalue weighted by Gasteiger charge is -2.34. The number of fused-ring (bicyclic) bond motifs is 1. The summed E-state index contributed by atoms with van der Waals surface area (Å²) >= 11 is 13.7. The van der Waals surface area contributed by atoms with Crippen molar-refractivity contribution in [2.75, 3.05) is 50.8 Å². The molecule has 2 aromatic carbocycles. The number of nitrogens with one attached hydrogen (secondary N) is 1. The van der Waals surface area contributed by atoms with Crippen LogP contribution in [0.15, 0.2) is 36.4 Å². The van der Waals surface area contributed by atoms with Crippen molar-refractivity contribution in [3.05, 3.63) is 52.0 Å². The van der Waals surface area contributed by atoms with Gasteiger partial charge >= 0.3 is 0 Å². The van der Waals surface area contributed by atoms with Gasteiger partial charge < -0.3 is 15.0 Å². The molecule has 1 aliphatic rings. The monoisotopic (exact) mass is 492 g/mol. The highest BCUT2D eigenvalue weighted by molar-refractivity contribution is 7.22. The lowest BCUT2D eigenvalue weighted by Crippen LogP contribution is -2.48. The van der Waals surface area contributed by atoms with Crippen molar-refractivity contribution in [1.29, 1.82) is 0 Å². The Morgan fingerprint density at radius 2 is 2.00 bits per heavy atom. The van der Waals surface area contributed by atoms with Crippen LogP contribution in [0.1, 0.15) is 12.5 Å². The number of hydrogen-bond acceptors (Lipinski definition) is 6. The summed E-state index contributed by atoms with van der Waals surface area (Å²) in [4.78, 5) is 21.7. The number of benzene rings is 2. The number of aromatic nitrogens is 1. The Bertz CT molecular complexity index is 1080. The molecule has 0 bridgehead atoms. The molecule has 3 aromatic rings. The Labute approximate surface area is 202 Å². The molecule has 1 saturated heterocycles. The molecule has 170 valence electrons. The molecule has 0 aliphatic carbocycles. The highest BCUT2D eigenvalue weighted by Crippen LogP contribution is 2.31. The van der Waals surface area contributed by atoms with E-state index in [1.165, 1.54) is 10.3 Å². The summed E-state index contributed by atoms with van der Waals surface area (Å²) < 4.78 is 6.73. The molecule has 0 spiro atoms. The maximum absolute atomic E-state index is 12.1. The van der Waals surface area contributed by atoms with Crippen molar-refractivity contribution >= 4 is 55.8 Å². The van der Waals surface area contributed by atoms with E-state index in [1.807, 2.05) is 0 Å². The highest BCUT2D eigenvalue weighted by Gasteiger charge is 2.20. The second-order valence-corrected chi connectivity index (χ2v) is 9.51. The SMILES string of the molecule is CCc1cccc2sc(N3CCN(CCNC(=O)COc4ccc(Cl)cc4Cl)CC3)nc12. The zero-order valence-corrected chi connectivity index (χ0v) is 20.3.